The Morgan fingerprint density at radius 3 is 2.17 bits per heavy atom. The second kappa shape index (κ2) is 13.3. The molecule has 0 radical (unpaired) electrons. The summed E-state index contributed by atoms with van der Waals surface area (Å²) in [4.78, 5) is 31.5. The minimum atomic E-state index is -5.08. The van der Waals surface area contributed by atoms with E-state index in [-0.39, 0.29) is 17.8 Å². The third-order valence-electron chi connectivity index (χ3n) is 3.73. The van der Waals surface area contributed by atoms with Gasteiger partial charge in [0, 0.05) is 23.7 Å². The summed E-state index contributed by atoms with van der Waals surface area (Å²) in [5.74, 6) is -2.97. The summed E-state index contributed by atoms with van der Waals surface area (Å²) in [5.41, 5.74) is 0.0709. The van der Waals surface area contributed by atoms with Crippen LogP contribution in [0.1, 0.15) is 28.2 Å². The van der Waals surface area contributed by atoms with Crippen LogP contribution in [0.25, 0.3) is 5.69 Å². The molecule has 3 N–H and O–H groups in total. The van der Waals surface area contributed by atoms with Gasteiger partial charge in [-0.2, -0.15) is 31.4 Å². The minimum Gasteiger partial charge on any atom is -0.481 e. The highest BCUT2D eigenvalue weighted by Gasteiger charge is 2.38. The number of aliphatic carboxylic acids is 2. The fourth-order valence-corrected chi connectivity index (χ4v) is 4.09. The molecule has 8 nitrogen and oxygen atoms in total. The number of alkyl halides is 6. The van der Waals surface area contributed by atoms with E-state index in [1.165, 1.54) is 44.5 Å². The molecule has 0 saturated carbocycles. The van der Waals surface area contributed by atoms with Crippen LogP contribution >= 0.6 is 21.6 Å². The van der Waals surface area contributed by atoms with E-state index >= 15 is 0 Å². The highest BCUT2D eigenvalue weighted by molar-refractivity contribution is 8.76. The van der Waals surface area contributed by atoms with Crippen molar-refractivity contribution >= 4 is 39.4 Å². The molecule has 0 aliphatic carbocycles. The van der Waals surface area contributed by atoms with Crippen molar-refractivity contribution in [2.24, 2.45) is 0 Å². The highest BCUT2D eigenvalue weighted by atomic mass is 33.1. The van der Waals surface area contributed by atoms with Gasteiger partial charge in [0.2, 0.25) is 0 Å². The van der Waals surface area contributed by atoms with E-state index in [9.17, 15) is 35.9 Å². The molecule has 194 valence electrons. The number of nitrogens with zero attached hydrogens (tertiary/aromatic N) is 2. The van der Waals surface area contributed by atoms with Crippen LogP contribution in [0.15, 0.2) is 30.3 Å². The first kappa shape index (κ1) is 30.2. The quantitative estimate of drug-likeness (QED) is 0.240. The standard InChI is InChI=1S/C17H18F3N3O3S2.C2HF3O2/c1-11-9-14(16(26)21-6-8-28-27-7-5-15(24)25)22-23(11)13-4-2-3-12(10-13)17(18,19)20;3-2(4,5)1(6)7/h2-4,9-10H,5-8H2,1H3,(H,21,26)(H,24,25);(H,6,7). The molecule has 0 unspecified atom stereocenters. The van der Waals surface area contributed by atoms with Crippen LogP contribution in [-0.2, 0) is 15.8 Å². The fourth-order valence-electron chi connectivity index (χ4n) is 2.20. The first-order valence-electron chi connectivity index (χ1n) is 9.41. The Labute approximate surface area is 202 Å². The summed E-state index contributed by atoms with van der Waals surface area (Å²) in [6.45, 7) is 2.01. The van der Waals surface area contributed by atoms with Gasteiger partial charge in [0.05, 0.1) is 17.7 Å². The van der Waals surface area contributed by atoms with Gasteiger partial charge in [-0.05, 0) is 31.2 Å². The third-order valence-corrected chi connectivity index (χ3v) is 6.14. The first-order valence-corrected chi connectivity index (χ1v) is 11.9. The van der Waals surface area contributed by atoms with Crippen molar-refractivity contribution in [3.8, 4) is 5.69 Å². The van der Waals surface area contributed by atoms with Crippen molar-refractivity contribution in [1.29, 1.82) is 0 Å². The molecular weight excluding hydrogens is 528 g/mol. The maximum atomic E-state index is 12.9. The first-order chi connectivity index (χ1) is 16.1. The Bertz CT molecular complexity index is 1030. The predicted molar refractivity (Wildman–Crippen MR) is 116 cm³/mol. The Kier molecular flexibility index (Phi) is 11.4. The van der Waals surface area contributed by atoms with Crippen LogP contribution in [0.4, 0.5) is 26.3 Å². The van der Waals surface area contributed by atoms with Gasteiger partial charge in [0.25, 0.3) is 5.91 Å². The zero-order chi connectivity index (χ0) is 26.8. The molecule has 0 atom stereocenters. The van der Waals surface area contributed by atoms with Crippen LogP contribution < -0.4 is 5.32 Å². The lowest BCUT2D eigenvalue weighted by Crippen LogP contribution is -2.26. The Hall–Kier alpha value is -2.88. The molecule has 1 amide bonds. The molecule has 1 heterocycles. The number of aromatic nitrogens is 2. The summed E-state index contributed by atoms with van der Waals surface area (Å²) in [6.07, 6.45) is -9.46. The van der Waals surface area contributed by atoms with E-state index < -0.39 is 35.8 Å². The topological polar surface area (TPSA) is 122 Å². The molecule has 0 saturated heterocycles. The summed E-state index contributed by atoms with van der Waals surface area (Å²) >= 11 is 0. The molecule has 1 aromatic carbocycles. The van der Waals surface area contributed by atoms with E-state index in [1.54, 1.807) is 6.92 Å². The fraction of sp³-hybridized carbons (Fsp3) is 0.368. The maximum Gasteiger partial charge on any atom is 0.490 e. The number of hydrogen-bond donors (Lipinski definition) is 3. The molecule has 0 aliphatic rings. The lowest BCUT2D eigenvalue weighted by Gasteiger charge is -2.09. The van der Waals surface area contributed by atoms with Crippen molar-refractivity contribution in [2.45, 2.75) is 25.7 Å². The molecule has 0 fully saturated rings. The number of aryl methyl sites for hydroxylation is 1. The Morgan fingerprint density at radius 2 is 1.63 bits per heavy atom. The lowest BCUT2D eigenvalue weighted by molar-refractivity contribution is -0.192. The van der Waals surface area contributed by atoms with Crippen molar-refractivity contribution in [3.63, 3.8) is 0 Å². The van der Waals surface area contributed by atoms with Crippen molar-refractivity contribution < 1.29 is 50.9 Å². The number of amides is 1. The van der Waals surface area contributed by atoms with Gasteiger partial charge in [-0.25, -0.2) is 9.48 Å². The van der Waals surface area contributed by atoms with E-state index in [0.717, 1.165) is 12.1 Å². The van der Waals surface area contributed by atoms with Crippen LogP contribution in [0, 0.1) is 6.92 Å². The molecular formula is C19H19F6N3O5S2. The van der Waals surface area contributed by atoms with E-state index in [1.807, 2.05) is 0 Å². The number of rotatable bonds is 9. The van der Waals surface area contributed by atoms with E-state index in [2.05, 4.69) is 10.4 Å². The zero-order valence-electron chi connectivity index (χ0n) is 17.8. The molecule has 2 aromatic rings. The Morgan fingerprint density at radius 1 is 1.03 bits per heavy atom. The van der Waals surface area contributed by atoms with Gasteiger partial charge in [0.1, 0.15) is 0 Å². The predicted octanol–water partition coefficient (Wildman–Crippen LogP) is 4.42. The molecule has 16 heteroatoms. The number of benzene rings is 1. The Balaban J connectivity index is 0.000000762. The summed E-state index contributed by atoms with van der Waals surface area (Å²) in [7, 11) is 2.86. The maximum absolute atomic E-state index is 12.9. The number of carbonyl (C=O) groups excluding carboxylic acids is 1. The van der Waals surface area contributed by atoms with Gasteiger partial charge < -0.3 is 15.5 Å². The largest absolute Gasteiger partial charge is 0.490 e. The van der Waals surface area contributed by atoms with E-state index in [4.69, 9.17) is 15.0 Å². The number of carboxylic acid groups (broad SMARTS) is 2. The second-order valence-corrected chi connectivity index (χ2v) is 9.18. The van der Waals surface area contributed by atoms with Crippen molar-refractivity contribution in [1.82, 2.24) is 15.1 Å². The van der Waals surface area contributed by atoms with Crippen molar-refractivity contribution in [3.05, 3.63) is 47.3 Å². The number of halogens is 6. The summed E-state index contributed by atoms with van der Waals surface area (Å²) < 4.78 is 71.7. The zero-order valence-corrected chi connectivity index (χ0v) is 19.4. The normalized spacial score (nSPS) is 11.4. The second-order valence-electron chi connectivity index (χ2n) is 6.48. The molecule has 0 aliphatic heterocycles. The van der Waals surface area contributed by atoms with Crippen LogP contribution in [0.2, 0.25) is 0 Å². The van der Waals surface area contributed by atoms with Gasteiger partial charge in [0.15, 0.2) is 5.69 Å². The number of carboxylic acids is 2. The SMILES string of the molecule is Cc1cc(C(=O)NCCSSCCC(=O)O)nn1-c1cccc(C(F)(F)F)c1.O=C(O)C(F)(F)F. The highest BCUT2D eigenvalue weighted by Crippen LogP contribution is 2.30. The third kappa shape index (κ3) is 10.9. The lowest BCUT2D eigenvalue weighted by atomic mass is 10.2. The molecule has 2 rings (SSSR count). The average molecular weight is 547 g/mol. The van der Waals surface area contributed by atoms with E-state index in [0.29, 0.717) is 23.7 Å². The van der Waals surface area contributed by atoms with Gasteiger partial charge in [-0.3, -0.25) is 9.59 Å². The number of hydrogen-bond acceptors (Lipinski definition) is 6. The van der Waals surface area contributed by atoms with Crippen LogP contribution in [0.5, 0.6) is 0 Å². The van der Waals surface area contributed by atoms with Crippen LogP contribution in [0.3, 0.4) is 0 Å². The number of carbonyl (C=O) groups is 3. The molecule has 1 aromatic heterocycles. The van der Waals surface area contributed by atoms with Gasteiger partial charge in [-0.1, -0.05) is 27.7 Å². The monoisotopic (exact) mass is 547 g/mol. The van der Waals surface area contributed by atoms with Crippen LogP contribution in [-0.4, -0.2) is 62.1 Å². The molecule has 35 heavy (non-hydrogen) atoms. The molecule has 0 bridgehead atoms. The summed E-state index contributed by atoms with van der Waals surface area (Å²) in [5, 5.41) is 22.4. The van der Waals surface area contributed by atoms with Crippen molar-refractivity contribution in [2.75, 3.05) is 18.1 Å². The smallest absolute Gasteiger partial charge is 0.481 e. The summed E-state index contributed by atoms with van der Waals surface area (Å²) in [6, 6.07) is 6.24. The minimum absolute atomic E-state index is 0.0796. The van der Waals surface area contributed by atoms with Gasteiger partial charge in [-0.15, -0.1) is 0 Å². The number of nitrogens with one attached hydrogen (secondary N) is 1. The average Bonchev–Trinajstić information content (AvgIpc) is 3.13. The van der Waals surface area contributed by atoms with Gasteiger partial charge >= 0.3 is 24.3 Å². The molecule has 0 spiro atoms.